The molecule has 26 heavy (non-hydrogen) atoms. The van der Waals surface area contributed by atoms with E-state index in [9.17, 15) is 4.79 Å². The van der Waals surface area contributed by atoms with Gasteiger partial charge in [-0.1, -0.05) is 25.1 Å². The van der Waals surface area contributed by atoms with E-state index >= 15 is 0 Å². The number of carbonyl (C=O) groups is 1. The molecule has 1 aromatic heterocycles. The molecule has 2 N–H and O–H groups in total. The van der Waals surface area contributed by atoms with Crippen LogP contribution >= 0.6 is 0 Å². The summed E-state index contributed by atoms with van der Waals surface area (Å²) in [5.74, 6) is 0.407. The average molecular weight is 347 g/mol. The number of aryl methyl sites for hydroxylation is 1. The molecule has 1 heterocycles. The molecule has 0 unspecified atom stereocenters. The molecule has 0 aliphatic rings. The summed E-state index contributed by atoms with van der Waals surface area (Å²) in [4.78, 5) is 16.6. The molecule has 2 aromatic carbocycles. The average Bonchev–Trinajstić information content (AvgIpc) is 2.69. The first-order valence-corrected chi connectivity index (χ1v) is 8.45. The molecule has 0 spiro atoms. The van der Waals surface area contributed by atoms with Crippen molar-refractivity contribution in [2.75, 3.05) is 17.7 Å². The number of hydrogen-bond acceptors (Lipinski definition) is 4. The van der Waals surface area contributed by atoms with Crippen molar-refractivity contribution in [1.29, 1.82) is 0 Å². The zero-order valence-electron chi connectivity index (χ0n) is 14.8. The van der Waals surface area contributed by atoms with Gasteiger partial charge in [0.05, 0.1) is 7.11 Å². The van der Waals surface area contributed by atoms with Crippen LogP contribution in [0.15, 0.2) is 66.9 Å². The quantitative estimate of drug-likeness (QED) is 0.681. The van der Waals surface area contributed by atoms with Gasteiger partial charge in [0.25, 0.3) is 5.91 Å². The van der Waals surface area contributed by atoms with Crippen molar-refractivity contribution in [1.82, 2.24) is 4.98 Å². The van der Waals surface area contributed by atoms with Crippen LogP contribution in [0.1, 0.15) is 23.0 Å². The van der Waals surface area contributed by atoms with E-state index in [0.29, 0.717) is 17.1 Å². The van der Waals surface area contributed by atoms with Gasteiger partial charge in [-0.15, -0.1) is 0 Å². The number of ether oxygens (including phenoxy) is 1. The number of anilines is 3. The highest BCUT2D eigenvalue weighted by Crippen LogP contribution is 2.20. The standard InChI is InChI=1S/C21H21N3O2/c1-3-15-7-9-16(10-8-15)23-18-11-12-22-20(14-18)21(25)24-17-5-4-6-19(13-17)26-2/h4-14H,3H2,1-2H3,(H,22,23)(H,24,25). The zero-order valence-corrected chi connectivity index (χ0v) is 14.8. The van der Waals surface area contributed by atoms with Gasteiger partial charge in [0.15, 0.2) is 0 Å². The van der Waals surface area contributed by atoms with Crippen LogP contribution in [-0.2, 0) is 6.42 Å². The topological polar surface area (TPSA) is 63.2 Å². The minimum Gasteiger partial charge on any atom is -0.497 e. The van der Waals surface area contributed by atoms with Crippen LogP contribution in [0.4, 0.5) is 17.1 Å². The van der Waals surface area contributed by atoms with E-state index in [4.69, 9.17) is 4.74 Å². The molecule has 5 heteroatoms. The molecular formula is C21H21N3O2. The summed E-state index contributed by atoms with van der Waals surface area (Å²) < 4.78 is 5.17. The molecule has 132 valence electrons. The molecule has 3 aromatic rings. The Balaban J connectivity index is 1.72. The number of nitrogens with one attached hydrogen (secondary N) is 2. The van der Waals surface area contributed by atoms with Gasteiger partial charge in [0, 0.05) is 29.3 Å². The van der Waals surface area contributed by atoms with Gasteiger partial charge in [0.1, 0.15) is 11.4 Å². The number of methoxy groups -OCH3 is 1. The lowest BCUT2D eigenvalue weighted by atomic mass is 10.1. The molecule has 3 rings (SSSR count). The van der Waals surface area contributed by atoms with Gasteiger partial charge in [-0.25, -0.2) is 0 Å². The summed E-state index contributed by atoms with van der Waals surface area (Å²) in [5.41, 5.74) is 4.05. The molecule has 0 atom stereocenters. The Morgan fingerprint density at radius 2 is 1.81 bits per heavy atom. The third kappa shape index (κ3) is 4.39. The monoisotopic (exact) mass is 347 g/mol. The number of hydrogen-bond donors (Lipinski definition) is 2. The second-order valence-electron chi connectivity index (χ2n) is 5.79. The largest absolute Gasteiger partial charge is 0.497 e. The summed E-state index contributed by atoms with van der Waals surface area (Å²) >= 11 is 0. The van der Waals surface area contributed by atoms with E-state index in [-0.39, 0.29) is 5.91 Å². The molecule has 0 aliphatic carbocycles. The number of carbonyl (C=O) groups excluding carboxylic acids is 1. The van der Waals surface area contributed by atoms with E-state index in [1.165, 1.54) is 5.56 Å². The molecule has 0 bridgehead atoms. The van der Waals surface area contributed by atoms with Crippen LogP contribution in [-0.4, -0.2) is 18.0 Å². The fourth-order valence-electron chi connectivity index (χ4n) is 2.52. The molecule has 0 radical (unpaired) electrons. The van der Waals surface area contributed by atoms with Crippen LogP contribution in [0.25, 0.3) is 0 Å². The Bertz CT molecular complexity index is 892. The van der Waals surface area contributed by atoms with Gasteiger partial charge in [-0.05, 0) is 48.4 Å². The van der Waals surface area contributed by atoms with Gasteiger partial charge >= 0.3 is 0 Å². The maximum Gasteiger partial charge on any atom is 0.274 e. The third-order valence-electron chi connectivity index (χ3n) is 3.97. The second-order valence-corrected chi connectivity index (χ2v) is 5.79. The Kier molecular flexibility index (Phi) is 5.49. The van der Waals surface area contributed by atoms with Crippen molar-refractivity contribution in [3.8, 4) is 5.75 Å². The fourth-order valence-corrected chi connectivity index (χ4v) is 2.52. The molecule has 0 saturated carbocycles. The second kappa shape index (κ2) is 8.16. The maximum atomic E-state index is 12.5. The Morgan fingerprint density at radius 1 is 1.00 bits per heavy atom. The number of amides is 1. The SMILES string of the molecule is CCc1ccc(Nc2ccnc(C(=O)Nc3cccc(OC)c3)c2)cc1. The van der Waals surface area contributed by atoms with Crippen LogP contribution in [0.2, 0.25) is 0 Å². The highest BCUT2D eigenvalue weighted by Gasteiger charge is 2.09. The third-order valence-corrected chi connectivity index (χ3v) is 3.97. The minimum atomic E-state index is -0.275. The maximum absolute atomic E-state index is 12.5. The number of rotatable bonds is 6. The first-order valence-electron chi connectivity index (χ1n) is 8.45. The summed E-state index contributed by atoms with van der Waals surface area (Å²) in [6.07, 6.45) is 2.62. The first-order chi connectivity index (χ1) is 12.7. The Hall–Kier alpha value is -3.34. The van der Waals surface area contributed by atoms with Crippen molar-refractivity contribution >= 4 is 23.0 Å². The highest BCUT2D eigenvalue weighted by atomic mass is 16.5. The summed E-state index contributed by atoms with van der Waals surface area (Å²) in [5, 5.41) is 6.12. The van der Waals surface area contributed by atoms with Crippen molar-refractivity contribution in [3.05, 3.63) is 78.1 Å². The van der Waals surface area contributed by atoms with E-state index in [0.717, 1.165) is 17.8 Å². The summed E-state index contributed by atoms with van der Waals surface area (Å²) in [6.45, 7) is 2.12. The van der Waals surface area contributed by atoms with Gasteiger partial charge in [-0.3, -0.25) is 9.78 Å². The number of benzene rings is 2. The molecule has 0 fully saturated rings. The van der Waals surface area contributed by atoms with Crippen molar-refractivity contribution in [2.24, 2.45) is 0 Å². The van der Waals surface area contributed by atoms with Crippen LogP contribution in [0, 0.1) is 0 Å². The molecule has 5 nitrogen and oxygen atoms in total. The lowest BCUT2D eigenvalue weighted by Gasteiger charge is -2.09. The predicted octanol–water partition coefficient (Wildman–Crippen LogP) is 4.65. The normalized spacial score (nSPS) is 10.2. The molecule has 0 aliphatic heterocycles. The fraction of sp³-hybridized carbons (Fsp3) is 0.143. The van der Waals surface area contributed by atoms with E-state index in [2.05, 4.69) is 34.7 Å². The van der Waals surface area contributed by atoms with E-state index in [1.54, 1.807) is 31.5 Å². The zero-order chi connectivity index (χ0) is 18.4. The number of pyridine rings is 1. The van der Waals surface area contributed by atoms with Crippen molar-refractivity contribution in [2.45, 2.75) is 13.3 Å². The summed E-state index contributed by atoms with van der Waals surface area (Å²) in [6, 6.07) is 19.0. The molecule has 1 amide bonds. The van der Waals surface area contributed by atoms with Crippen molar-refractivity contribution < 1.29 is 9.53 Å². The smallest absolute Gasteiger partial charge is 0.274 e. The van der Waals surface area contributed by atoms with Crippen molar-refractivity contribution in [3.63, 3.8) is 0 Å². The highest BCUT2D eigenvalue weighted by molar-refractivity contribution is 6.03. The Morgan fingerprint density at radius 3 is 2.54 bits per heavy atom. The predicted molar refractivity (Wildman–Crippen MR) is 104 cm³/mol. The van der Waals surface area contributed by atoms with E-state index in [1.807, 2.05) is 30.3 Å². The van der Waals surface area contributed by atoms with Gasteiger partial charge in [-0.2, -0.15) is 0 Å². The van der Waals surface area contributed by atoms with Crippen LogP contribution < -0.4 is 15.4 Å². The van der Waals surface area contributed by atoms with Crippen LogP contribution in [0.3, 0.4) is 0 Å². The van der Waals surface area contributed by atoms with E-state index < -0.39 is 0 Å². The van der Waals surface area contributed by atoms with Gasteiger partial charge < -0.3 is 15.4 Å². The molecular weight excluding hydrogens is 326 g/mol. The lowest BCUT2D eigenvalue weighted by molar-refractivity contribution is 0.102. The first kappa shape index (κ1) is 17.5. The molecule has 0 saturated heterocycles. The lowest BCUT2D eigenvalue weighted by Crippen LogP contribution is -2.13. The summed E-state index contributed by atoms with van der Waals surface area (Å²) in [7, 11) is 1.59. The number of nitrogens with zero attached hydrogens (tertiary/aromatic N) is 1. The van der Waals surface area contributed by atoms with Gasteiger partial charge in [0.2, 0.25) is 0 Å². The number of aromatic nitrogens is 1. The minimum absolute atomic E-state index is 0.275. The Labute approximate surface area is 153 Å². The van der Waals surface area contributed by atoms with Crippen LogP contribution in [0.5, 0.6) is 5.75 Å².